The summed E-state index contributed by atoms with van der Waals surface area (Å²) in [7, 11) is 1.34. The third-order valence-electron chi connectivity index (χ3n) is 2.85. The van der Waals surface area contributed by atoms with Gasteiger partial charge in [-0.3, -0.25) is 9.59 Å². The lowest BCUT2D eigenvalue weighted by atomic mass is 9.83. The van der Waals surface area contributed by atoms with Gasteiger partial charge in [0.2, 0.25) is 0 Å². The Morgan fingerprint density at radius 3 is 2.05 bits per heavy atom. The molecule has 0 spiro atoms. The zero-order valence-corrected chi connectivity index (χ0v) is 13.6. The molecule has 0 fully saturated rings. The van der Waals surface area contributed by atoms with E-state index in [1.54, 1.807) is 6.08 Å². The van der Waals surface area contributed by atoms with Gasteiger partial charge in [-0.1, -0.05) is 19.9 Å². The van der Waals surface area contributed by atoms with Gasteiger partial charge in [-0.15, -0.1) is 6.58 Å². The lowest BCUT2D eigenvalue weighted by molar-refractivity contribution is -0.167. The summed E-state index contributed by atoms with van der Waals surface area (Å²) in [5.74, 6) is -1.48. The number of methoxy groups -OCH3 is 1. The number of carbonyl (C=O) groups excluding carboxylic acids is 2. The van der Waals surface area contributed by atoms with E-state index in [0.717, 1.165) is 0 Å². The third kappa shape index (κ3) is 6.73. The Hall–Kier alpha value is -1.32. The lowest BCUT2D eigenvalue weighted by Gasteiger charge is -2.28. The van der Waals surface area contributed by atoms with Gasteiger partial charge in [0.05, 0.1) is 18.9 Å². The average Bonchev–Trinajstić information content (AvgIpc) is 2.29. The smallest absolute Gasteiger partial charge is 0.310 e. The van der Waals surface area contributed by atoms with Crippen LogP contribution in [0.3, 0.4) is 0 Å². The van der Waals surface area contributed by atoms with Gasteiger partial charge in [0.15, 0.2) is 0 Å². The van der Waals surface area contributed by atoms with Gasteiger partial charge in [0.1, 0.15) is 5.60 Å². The van der Waals surface area contributed by atoms with E-state index in [1.807, 2.05) is 34.6 Å². The summed E-state index contributed by atoms with van der Waals surface area (Å²) in [5, 5.41) is 0. The van der Waals surface area contributed by atoms with Gasteiger partial charge >= 0.3 is 11.9 Å². The second-order valence-electron chi connectivity index (χ2n) is 6.42. The molecule has 0 heterocycles. The van der Waals surface area contributed by atoms with Crippen LogP contribution >= 0.6 is 0 Å². The average molecular weight is 284 g/mol. The Morgan fingerprint density at radius 1 is 1.15 bits per heavy atom. The highest BCUT2D eigenvalue weighted by atomic mass is 16.6. The monoisotopic (exact) mass is 284 g/mol. The summed E-state index contributed by atoms with van der Waals surface area (Å²) in [6.07, 6.45) is 2.64. The van der Waals surface area contributed by atoms with Crippen molar-refractivity contribution in [2.45, 2.75) is 53.1 Å². The van der Waals surface area contributed by atoms with Crippen LogP contribution in [0.25, 0.3) is 0 Å². The first-order valence-electron chi connectivity index (χ1n) is 7.04. The number of hydrogen-bond donors (Lipinski definition) is 0. The molecule has 116 valence electrons. The van der Waals surface area contributed by atoms with Gasteiger partial charge < -0.3 is 9.47 Å². The summed E-state index contributed by atoms with van der Waals surface area (Å²) in [6, 6.07) is 0. The fourth-order valence-electron chi connectivity index (χ4n) is 2.07. The zero-order valence-electron chi connectivity index (χ0n) is 13.6. The Labute approximate surface area is 122 Å². The molecule has 0 N–H and O–H groups in total. The first kappa shape index (κ1) is 18.7. The molecule has 2 atom stereocenters. The number of esters is 2. The van der Waals surface area contributed by atoms with Crippen molar-refractivity contribution in [3.63, 3.8) is 0 Å². The van der Waals surface area contributed by atoms with E-state index in [2.05, 4.69) is 6.58 Å². The van der Waals surface area contributed by atoms with Crippen LogP contribution in [0.15, 0.2) is 12.7 Å². The van der Waals surface area contributed by atoms with Crippen molar-refractivity contribution >= 4 is 11.9 Å². The topological polar surface area (TPSA) is 52.6 Å². The Bertz CT molecular complexity index is 339. The van der Waals surface area contributed by atoms with E-state index in [9.17, 15) is 9.59 Å². The fraction of sp³-hybridized carbons (Fsp3) is 0.750. The van der Waals surface area contributed by atoms with Crippen LogP contribution in [0.1, 0.15) is 47.5 Å². The highest BCUT2D eigenvalue weighted by molar-refractivity contribution is 5.82. The van der Waals surface area contributed by atoms with Gasteiger partial charge in [0.25, 0.3) is 0 Å². The molecule has 0 aromatic carbocycles. The Kier molecular flexibility index (Phi) is 7.54. The molecule has 0 aliphatic heterocycles. The molecule has 0 amide bonds. The molecule has 0 aliphatic carbocycles. The zero-order chi connectivity index (χ0) is 15.9. The van der Waals surface area contributed by atoms with Crippen LogP contribution in [0.4, 0.5) is 0 Å². The van der Waals surface area contributed by atoms with Crippen LogP contribution in [0.2, 0.25) is 0 Å². The highest BCUT2D eigenvalue weighted by Gasteiger charge is 2.36. The molecule has 4 nitrogen and oxygen atoms in total. The first-order valence-corrected chi connectivity index (χ1v) is 7.04. The minimum Gasteiger partial charge on any atom is -0.469 e. The molecule has 0 radical (unpaired) electrons. The summed E-state index contributed by atoms with van der Waals surface area (Å²) in [6.45, 7) is 13.1. The van der Waals surface area contributed by atoms with E-state index in [-0.39, 0.29) is 17.9 Å². The Morgan fingerprint density at radius 2 is 1.70 bits per heavy atom. The SMILES string of the molecule is C=CC[C@H](C(=O)OC(C)(C)C)[C@@H](CC(C)C)C(=O)OC. The molecule has 0 saturated heterocycles. The van der Waals surface area contributed by atoms with Gasteiger partial charge in [-0.05, 0) is 39.5 Å². The highest BCUT2D eigenvalue weighted by Crippen LogP contribution is 2.28. The molecule has 0 bridgehead atoms. The van der Waals surface area contributed by atoms with E-state index in [4.69, 9.17) is 9.47 Å². The molecular formula is C16H28O4. The number of carbonyl (C=O) groups is 2. The van der Waals surface area contributed by atoms with E-state index < -0.39 is 17.4 Å². The van der Waals surface area contributed by atoms with Gasteiger partial charge in [-0.25, -0.2) is 0 Å². The van der Waals surface area contributed by atoms with Crippen molar-refractivity contribution in [1.29, 1.82) is 0 Å². The van der Waals surface area contributed by atoms with Crippen LogP contribution < -0.4 is 0 Å². The van der Waals surface area contributed by atoms with Crippen molar-refractivity contribution in [3.8, 4) is 0 Å². The lowest BCUT2D eigenvalue weighted by Crippen LogP contribution is -2.36. The number of hydrogen-bond acceptors (Lipinski definition) is 4. The minimum atomic E-state index is -0.574. The second kappa shape index (κ2) is 8.08. The predicted octanol–water partition coefficient (Wildman–Crippen LogP) is 3.36. The van der Waals surface area contributed by atoms with E-state index >= 15 is 0 Å². The predicted molar refractivity (Wildman–Crippen MR) is 79.1 cm³/mol. The molecule has 20 heavy (non-hydrogen) atoms. The number of rotatable bonds is 7. The molecule has 0 aromatic rings. The van der Waals surface area contributed by atoms with Crippen LogP contribution in [0.5, 0.6) is 0 Å². The standard InChI is InChI=1S/C16H28O4/c1-8-9-12(15(18)20-16(4,5)6)13(10-11(2)3)14(17)19-7/h8,11-13H,1,9-10H2,2-7H3/t12-,13+/m0/s1. The first-order chi connectivity index (χ1) is 9.12. The van der Waals surface area contributed by atoms with Crippen LogP contribution in [-0.4, -0.2) is 24.6 Å². The molecule has 4 heteroatoms. The normalized spacial score (nSPS) is 14.6. The maximum atomic E-state index is 12.3. The third-order valence-corrected chi connectivity index (χ3v) is 2.85. The number of ether oxygens (including phenoxy) is 2. The molecule has 0 unspecified atom stereocenters. The maximum Gasteiger partial charge on any atom is 0.310 e. The largest absolute Gasteiger partial charge is 0.469 e. The summed E-state index contributed by atoms with van der Waals surface area (Å²) < 4.78 is 10.3. The molecular weight excluding hydrogens is 256 g/mol. The van der Waals surface area contributed by atoms with Gasteiger partial charge in [-0.2, -0.15) is 0 Å². The van der Waals surface area contributed by atoms with Crippen molar-refractivity contribution in [2.75, 3.05) is 7.11 Å². The van der Waals surface area contributed by atoms with Crippen molar-refractivity contribution in [2.24, 2.45) is 17.8 Å². The fourth-order valence-corrected chi connectivity index (χ4v) is 2.07. The van der Waals surface area contributed by atoms with Gasteiger partial charge in [0, 0.05) is 0 Å². The molecule has 0 aromatic heterocycles. The molecule has 0 rings (SSSR count). The summed E-state index contributed by atoms with van der Waals surface area (Å²) >= 11 is 0. The Balaban J connectivity index is 5.19. The molecule has 0 saturated carbocycles. The second-order valence-corrected chi connectivity index (χ2v) is 6.42. The van der Waals surface area contributed by atoms with Crippen molar-refractivity contribution < 1.29 is 19.1 Å². The molecule has 0 aliphatic rings. The maximum absolute atomic E-state index is 12.3. The van der Waals surface area contributed by atoms with E-state index in [0.29, 0.717) is 12.8 Å². The van der Waals surface area contributed by atoms with Crippen LogP contribution in [-0.2, 0) is 19.1 Å². The van der Waals surface area contributed by atoms with E-state index in [1.165, 1.54) is 7.11 Å². The van der Waals surface area contributed by atoms with Crippen molar-refractivity contribution in [3.05, 3.63) is 12.7 Å². The number of allylic oxidation sites excluding steroid dienone is 1. The summed E-state index contributed by atoms with van der Waals surface area (Å²) in [4.78, 5) is 24.3. The quantitative estimate of drug-likeness (QED) is 0.531. The van der Waals surface area contributed by atoms with Crippen LogP contribution in [0, 0.1) is 17.8 Å². The minimum absolute atomic E-state index is 0.286. The van der Waals surface area contributed by atoms with Crippen molar-refractivity contribution in [1.82, 2.24) is 0 Å². The summed E-state index contributed by atoms with van der Waals surface area (Å²) in [5.41, 5.74) is -0.574.